The summed E-state index contributed by atoms with van der Waals surface area (Å²) in [6, 6.07) is 0. The Morgan fingerprint density at radius 2 is 2.54 bits per heavy atom. The van der Waals surface area contributed by atoms with Crippen molar-refractivity contribution in [1.82, 2.24) is 14.9 Å². The minimum absolute atomic E-state index is 0.0225. The highest BCUT2D eigenvalue weighted by Gasteiger charge is 1.89. The van der Waals surface area contributed by atoms with E-state index in [-0.39, 0.29) is 5.91 Å². The van der Waals surface area contributed by atoms with Crippen LogP contribution in [0.4, 0.5) is 0 Å². The van der Waals surface area contributed by atoms with Crippen molar-refractivity contribution in [1.29, 1.82) is 0 Å². The number of amides is 1. The lowest BCUT2D eigenvalue weighted by molar-refractivity contribution is -0.118. The summed E-state index contributed by atoms with van der Waals surface area (Å²) in [5.41, 5.74) is 0.896. The Bertz CT molecular complexity index is 314. The molecule has 1 aromatic heterocycles. The first kappa shape index (κ1) is 9.51. The standard InChI is InChI=1S/C9H13N3O/c1-8(13)10-5-3-4-9-6-12(2)7-11-9/h3-4,6-7H,5H2,1-2H3,(H,10,13). The molecule has 13 heavy (non-hydrogen) atoms. The summed E-state index contributed by atoms with van der Waals surface area (Å²) in [6.45, 7) is 2.04. The van der Waals surface area contributed by atoms with E-state index in [4.69, 9.17) is 0 Å². The fourth-order valence-corrected chi connectivity index (χ4v) is 0.901. The number of nitrogens with zero attached hydrogens (tertiary/aromatic N) is 2. The van der Waals surface area contributed by atoms with Crippen LogP contribution >= 0.6 is 0 Å². The Labute approximate surface area is 77.3 Å². The summed E-state index contributed by atoms with van der Waals surface area (Å²) in [4.78, 5) is 14.6. The molecule has 1 rings (SSSR count). The van der Waals surface area contributed by atoms with Crippen molar-refractivity contribution in [2.75, 3.05) is 6.54 Å². The van der Waals surface area contributed by atoms with Crippen LogP contribution in [0.15, 0.2) is 18.6 Å². The molecule has 0 bridgehead atoms. The smallest absolute Gasteiger partial charge is 0.217 e. The maximum atomic E-state index is 10.5. The quantitative estimate of drug-likeness (QED) is 0.737. The minimum Gasteiger partial charge on any atom is -0.353 e. The summed E-state index contributed by atoms with van der Waals surface area (Å²) in [5, 5.41) is 2.66. The van der Waals surface area contributed by atoms with Crippen molar-refractivity contribution in [2.45, 2.75) is 6.92 Å². The molecule has 0 aromatic carbocycles. The third kappa shape index (κ3) is 3.55. The molecule has 0 saturated carbocycles. The van der Waals surface area contributed by atoms with Crippen molar-refractivity contribution in [2.24, 2.45) is 7.05 Å². The van der Waals surface area contributed by atoms with E-state index >= 15 is 0 Å². The first-order valence-electron chi connectivity index (χ1n) is 4.07. The van der Waals surface area contributed by atoms with E-state index in [0.29, 0.717) is 6.54 Å². The average molecular weight is 179 g/mol. The van der Waals surface area contributed by atoms with Crippen LogP contribution in [0.25, 0.3) is 6.08 Å². The van der Waals surface area contributed by atoms with Crippen LogP contribution in [-0.2, 0) is 11.8 Å². The van der Waals surface area contributed by atoms with Gasteiger partial charge in [0.15, 0.2) is 0 Å². The molecule has 1 N–H and O–H groups in total. The summed E-state index contributed by atoms with van der Waals surface area (Å²) < 4.78 is 1.87. The molecule has 4 nitrogen and oxygen atoms in total. The summed E-state index contributed by atoms with van der Waals surface area (Å²) in [6.07, 6.45) is 7.38. The Balaban J connectivity index is 2.36. The lowest BCUT2D eigenvalue weighted by Crippen LogP contribution is -2.19. The molecular weight excluding hydrogens is 166 g/mol. The first-order chi connectivity index (χ1) is 6.18. The number of aryl methyl sites for hydroxylation is 1. The molecule has 70 valence electrons. The number of nitrogens with one attached hydrogen (secondary N) is 1. The van der Waals surface area contributed by atoms with E-state index in [9.17, 15) is 4.79 Å². The van der Waals surface area contributed by atoms with Crippen molar-refractivity contribution in [3.8, 4) is 0 Å². The van der Waals surface area contributed by atoms with Gasteiger partial charge in [-0.1, -0.05) is 6.08 Å². The maximum Gasteiger partial charge on any atom is 0.217 e. The topological polar surface area (TPSA) is 46.9 Å². The highest BCUT2D eigenvalue weighted by Crippen LogP contribution is 1.95. The second kappa shape index (κ2) is 4.45. The number of hydrogen-bond acceptors (Lipinski definition) is 2. The number of hydrogen-bond donors (Lipinski definition) is 1. The Morgan fingerprint density at radius 3 is 3.08 bits per heavy atom. The Kier molecular flexibility index (Phi) is 3.25. The van der Waals surface area contributed by atoms with Crippen LogP contribution in [0.1, 0.15) is 12.6 Å². The van der Waals surface area contributed by atoms with Crippen molar-refractivity contribution in [3.63, 3.8) is 0 Å². The molecule has 0 atom stereocenters. The van der Waals surface area contributed by atoms with Gasteiger partial charge in [-0.05, 0) is 6.08 Å². The lowest BCUT2D eigenvalue weighted by atomic mass is 10.4. The van der Waals surface area contributed by atoms with Gasteiger partial charge < -0.3 is 9.88 Å². The first-order valence-corrected chi connectivity index (χ1v) is 4.07. The SMILES string of the molecule is CC(=O)NCC=Cc1cn(C)cn1. The van der Waals surface area contributed by atoms with Gasteiger partial charge in [0.1, 0.15) is 0 Å². The van der Waals surface area contributed by atoms with Crippen LogP contribution in [0, 0.1) is 0 Å². The predicted octanol–water partition coefficient (Wildman–Crippen LogP) is 0.569. The monoisotopic (exact) mass is 179 g/mol. The van der Waals surface area contributed by atoms with E-state index in [0.717, 1.165) is 5.69 Å². The Hall–Kier alpha value is -1.58. The van der Waals surface area contributed by atoms with Gasteiger partial charge in [-0.15, -0.1) is 0 Å². The molecule has 1 aromatic rings. The second-order valence-electron chi connectivity index (χ2n) is 2.80. The molecule has 0 spiro atoms. The zero-order chi connectivity index (χ0) is 9.68. The molecule has 1 amide bonds. The number of rotatable bonds is 3. The molecule has 0 saturated heterocycles. The van der Waals surface area contributed by atoms with Crippen LogP contribution in [-0.4, -0.2) is 22.0 Å². The highest BCUT2D eigenvalue weighted by atomic mass is 16.1. The van der Waals surface area contributed by atoms with E-state index in [1.807, 2.05) is 30.0 Å². The summed E-state index contributed by atoms with van der Waals surface area (Å²) in [7, 11) is 1.91. The van der Waals surface area contributed by atoms with Gasteiger partial charge in [-0.3, -0.25) is 4.79 Å². The zero-order valence-corrected chi connectivity index (χ0v) is 7.82. The van der Waals surface area contributed by atoms with Crippen LogP contribution in [0.5, 0.6) is 0 Å². The van der Waals surface area contributed by atoms with Crippen molar-refractivity contribution < 1.29 is 4.79 Å². The van der Waals surface area contributed by atoms with Gasteiger partial charge >= 0.3 is 0 Å². The van der Waals surface area contributed by atoms with Gasteiger partial charge in [-0.2, -0.15) is 0 Å². The number of carbonyl (C=O) groups is 1. The van der Waals surface area contributed by atoms with E-state index in [2.05, 4.69) is 10.3 Å². The van der Waals surface area contributed by atoms with E-state index in [1.54, 1.807) is 6.33 Å². The second-order valence-corrected chi connectivity index (χ2v) is 2.80. The van der Waals surface area contributed by atoms with Gasteiger partial charge in [0.05, 0.1) is 12.0 Å². The van der Waals surface area contributed by atoms with Gasteiger partial charge in [0.25, 0.3) is 0 Å². The largest absolute Gasteiger partial charge is 0.353 e. The van der Waals surface area contributed by atoms with Crippen LogP contribution in [0.2, 0.25) is 0 Å². The summed E-state index contributed by atoms with van der Waals surface area (Å²) in [5.74, 6) is -0.0225. The van der Waals surface area contributed by atoms with E-state index < -0.39 is 0 Å². The molecule has 1 heterocycles. The molecular formula is C9H13N3O. The minimum atomic E-state index is -0.0225. The third-order valence-electron chi connectivity index (χ3n) is 1.48. The molecule has 0 aliphatic heterocycles. The van der Waals surface area contributed by atoms with Crippen molar-refractivity contribution >= 4 is 12.0 Å². The van der Waals surface area contributed by atoms with Gasteiger partial charge in [0, 0.05) is 26.7 Å². The molecule has 0 aliphatic carbocycles. The molecule has 0 aliphatic rings. The van der Waals surface area contributed by atoms with Gasteiger partial charge in [0.2, 0.25) is 5.91 Å². The number of aromatic nitrogens is 2. The summed E-state index contributed by atoms with van der Waals surface area (Å²) >= 11 is 0. The maximum absolute atomic E-state index is 10.5. The highest BCUT2D eigenvalue weighted by molar-refractivity contribution is 5.73. The van der Waals surface area contributed by atoms with Crippen LogP contribution < -0.4 is 5.32 Å². The zero-order valence-electron chi connectivity index (χ0n) is 7.82. The lowest BCUT2D eigenvalue weighted by Gasteiger charge is -1.92. The Morgan fingerprint density at radius 1 is 1.77 bits per heavy atom. The number of carbonyl (C=O) groups excluding carboxylic acids is 1. The normalized spacial score (nSPS) is 10.6. The van der Waals surface area contributed by atoms with Crippen LogP contribution in [0.3, 0.4) is 0 Å². The predicted molar refractivity (Wildman–Crippen MR) is 50.9 cm³/mol. The molecule has 0 radical (unpaired) electrons. The molecule has 4 heteroatoms. The van der Waals surface area contributed by atoms with E-state index in [1.165, 1.54) is 6.92 Å². The average Bonchev–Trinajstić information content (AvgIpc) is 2.45. The number of imidazole rings is 1. The van der Waals surface area contributed by atoms with Crippen molar-refractivity contribution in [3.05, 3.63) is 24.3 Å². The fraction of sp³-hybridized carbons (Fsp3) is 0.333. The van der Waals surface area contributed by atoms with Gasteiger partial charge in [-0.25, -0.2) is 4.98 Å². The molecule has 0 unspecified atom stereocenters. The fourth-order valence-electron chi connectivity index (χ4n) is 0.901. The molecule has 0 fully saturated rings. The third-order valence-corrected chi connectivity index (χ3v) is 1.48.